The second-order valence-corrected chi connectivity index (χ2v) is 16.4. The first kappa shape index (κ1) is 46.4. The van der Waals surface area contributed by atoms with Crippen molar-refractivity contribution < 1.29 is 38.1 Å². The Bertz CT molecular complexity index is 2600. The molecule has 7 aromatic carbocycles. The number of hydrogen-bond acceptors (Lipinski definition) is 8. The van der Waals surface area contributed by atoms with Crippen LogP contribution in [0.4, 0.5) is 0 Å². The van der Waals surface area contributed by atoms with Gasteiger partial charge in [0, 0.05) is 6.07 Å². The van der Waals surface area contributed by atoms with Gasteiger partial charge in [0.2, 0.25) is 0 Å². The number of carbonyl (C=O) groups is 4. The highest BCUT2D eigenvalue weighted by molar-refractivity contribution is 5.95. The third-order valence-corrected chi connectivity index (χ3v) is 11.4. The van der Waals surface area contributed by atoms with E-state index < -0.39 is 23.9 Å². The number of benzene rings is 7. The minimum Gasteiger partial charge on any atom is -0.423 e. The van der Waals surface area contributed by atoms with Crippen LogP contribution < -0.4 is 18.9 Å². The van der Waals surface area contributed by atoms with Gasteiger partial charge in [0.15, 0.2) is 0 Å². The summed E-state index contributed by atoms with van der Waals surface area (Å²) in [6.07, 6.45) is 9.36. The first-order valence-electron chi connectivity index (χ1n) is 22.7. The molecule has 0 aromatic heterocycles. The lowest BCUT2D eigenvalue weighted by Gasteiger charge is -2.11. The molecule has 0 aliphatic carbocycles. The predicted molar refractivity (Wildman–Crippen MR) is 259 cm³/mol. The van der Waals surface area contributed by atoms with E-state index in [0.717, 1.165) is 35.1 Å². The standard InChI is InChI=1S/C58H54O8/c1-5-7-9-12-41-16-20-43(21-17-41)45-24-28-47(29-25-45)55(59)63-51-32-34-53(39(3)36-51)57(61)65-49-14-11-15-50(38-49)66-58(62)54-35-33-52(37-40(54)4)64-56(60)48-30-26-46(27-31-48)44-22-18-42(19-23-44)13-10-8-6-2/h11,14-38H,5-10,12-13H2,1-4H3. The van der Waals surface area contributed by atoms with Crippen LogP contribution in [-0.2, 0) is 12.8 Å². The number of ether oxygens (including phenoxy) is 4. The molecule has 66 heavy (non-hydrogen) atoms. The Morgan fingerprint density at radius 3 is 1.05 bits per heavy atom. The molecule has 0 N–H and O–H groups in total. The molecule has 8 heteroatoms. The highest BCUT2D eigenvalue weighted by Gasteiger charge is 2.18. The summed E-state index contributed by atoms with van der Waals surface area (Å²) in [4.78, 5) is 52.6. The Kier molecular flexibility index (Phi) is 15.7. The lowest BCUT2D eigenvalue weighted by Crippen LogP contribution is -2.13. The van der Waals surface area contributed by atoms with E-state index in [-0.39, 0.29) is 34.1 Å². The van der Waals surface area contributed by atoms with Crippen LogP contribution in [0.3, 0.4) is 0 Å². The largest absolute Gasteiger partial charge is 0.423 e. The minimum absolute atomic E-state index is 0.161. The first-order valence-corrected chi connectivity index (χ1v) is 22.7. The van der Waals surface area contributed by atoms with Gasteiger partial charge in [-0.1, -0.05) is 118 Å². The first-order chi connectivity index (χ1) is 32.1. The molecule has 8 nitrogen and oxygen atoms in total. The van der Waals surface area contributed by atoms with E-state index in [0.29, 0.717) is 22.3 Å². The number of unbranched alkanes of at least 4 members (excludes halogenated alkanes) is 4. The third-order valence-electron chi connectivity index (χ3n) is 11.4. The zero-order chi connectivity index (χ0) is 46.4. The third kappa shape index (κ3) is 12.4. The van der Waals surface area contributed by atoms with E-state index in [1.807, 2.05) is 24.3 Å². The van der Waals surface area contributed by atoms with Crippen molar-refractivity contribution >= 4 is 23.9 Å². The molecule has 0 saturated heterocycles. The van der Waals surface area contributed by atoms with Gasteiger partial charge in [-0.15, -0.1) is 0 Å². The fraction of sp³-hybridized carbons (Fsp3) is 0.207. The van der Waals surface area contributed by atoms with Gasteiger partial charge in [-0.05, 0) is 157 Å². The summed E-state index contributed by atoms with van der Waals surface area (Å²) < 4.78 is 22.6. The molecule has 0 aliphatic heterocycles. The van der Waals surface area contributed by atoms with Crippen molar-refractivity contribution in [3.05, 3.63) is 202 Å². The van der Waals surface area contributed by atoms with Crippen molar-refractivity contribution in [2.75, 3.05) is 0 Å². The fourth-order valence-corrected chi connectivity index (χ4v) is 7.60. The molecule has 7 aromatic rings. The highest BCUT2D eigenvalue weighted by atomic mass is 16.6. The minimum atomic E-state index is -0.641. The molecule has 0 radical (unpaired) electrons. The number of hydrogen-bond donors (Lipinski definition) is 0. The summed E-state index contributed by atoms with van der Waals surface area (Å²) in [5.74, 6) is -1.43. The van der Waals surface area contributed by atoms with Gasteiger partial charge in [0.1, 0.15) is 23.0 Å². The lowest BCUT2D eigenvalue weighted by molar-refractivity contribution is 0.0722. The monoisotopic (exact) mass is 878 g/mol. The Labute approximate surface area is 387 Å². The number of aryl methyl sites for hydroxylation is 4. The smallest absolute Gasteiger partial charge is 0.343 e. The lowest BCUT2D eigenvalue weighted by atomic mass is 10.0. The van der Waals surface area contributed by atoms with Crippen LogP contribution in [0, 0.1) is 13.8 Å². The van der Waals surface area contributed by atoms with Crippen LogP contribution in [0.25, 0.3) is 22.3 Å². The molecular formula is C58H54O8. The van der Waals surface area contributed by atoms with E-state index in [2.05, 4.69) is 62.4 Å². The quantitative estimate of drug-likeness (QED) is 0.0477. The van der Waals surface area contributed by atoms with Crippen molar-refractivity contribution in [2.24, 2.45) is 0 Å². The van der Waals surface area contributed by atoms with Crippen molar-refractivity contribution in [2.45, 2.75) is 79.1 Å². The molecule has 0 aliphatic rings. The van der Waals surface area contributed by atoms with Crippen molar-refractivity contribution in [1.82, 2.24) is 0 Å². The zero-order valence-corrected chi connectivity index (χ0v) is 37.9. The molecule has 0 amide bonds. The molecule has 0 fully saturated rings. The van der Waals surface area contributed by atoms with E-state index in [1.165, 1.54) is 80.0 Å². The summed E-state index contributed by atoms with van der Waals surface area (Å²) in [6.45, 7) is 7.84. The Morgan fingerprint density at radius 1 is 0.364 bits per heavy atom. The summed E-state index contributed by atoms with van der Waals surface area (Å²) in [5.41, 5.74) is 9.22. The molecule has 0 heterocycles. The molecule has 0 saturated carbocycles. The Hall–Kier alpha value is -7.58. The van der Waals surface area contributed by atoms with Crippen LogP contribution in [-0.4, -0.2) is 23.9 Å². The van der Waals surface area contributed by atoms with Gasteiger partial charge in [0.25, 0.3) is 0 Å². The fourth-order valence-electron chi connectivity index (χ4n) is 7.60. The van der Waals surface area contributed by atoms with Crippen molar-refractivity contribution in [1.29, 1.82) is 0 Å². The van der Waals surface area contributed by atoms with Crippen LogP contribution in [0.1, 0.15) is 116 Å². The average Bonchev–Trinajstić information content (AvgIpc) is 3.32. The summed E-state index contributed by atoms with van der Waals surface area (Å²) in [5, 5.41) is 0. The Balaban J connectivity index is 0.897. The number of esters is 4. The van der Waals surface area contributed by atoms with Gasteiger partial charge in [0.05, 0.1) is 22.3 Å². The molecule has 0 atom stereocenters. The number of carbonyl (C=O) groups excluding carboxylic acids is 4. The SMILES string of the molecule is CCCCCc1ccc(-c2ccc(C(=O)Oc3ccc(C(=O)Oc4cccc(OC(=O)c5ccc(OC(=O)c6ccc(-c7ccc(CCCCC)cc7)cc6)cc5C)c4)c(C)c3)cc2)cc1. The molecule has 334 valence electrons. The molecule has 7 rings (SSSR count). The van der Waals surface area contributed by atoms with Crippen LogP contribution in [0.15, 0.2) is 158 Å². The maximum absolute atomic E-state index is 13.3. The van der Waals surface area contributed by atoms with Gasteiger partial charge in [-0.3, -0.25) is 0 Å². The molecule has 0 spiro atoms. The number of rotatable bonds is 18. The van der Waals surface area contributed by atoms with Crippen molar-refractivity contribution in [3.63, 3.8) is 0 Å². The maximum Gasteiger partial charge on any atom is 0.343 e. The van der Waals surface area contributed by atoms with Gasteiger partial charge < -0.3 is 18.9 Å². The van der Waals surface area contributed by atoms with E-state index in [9.17, 15) is 19.2 Å². The molecule has 0 unspecified atom stereocenters. The van der Waals surface area contributed by atoms with E-state index >= 15 is 0 Å². The van der Waals surface area contributed by atoms with Crippen LogP contribution >= 0.6 is 0 Å². The van der Waals surface area contributed by atoms with Crippen LogP contribution in [0.5, 0.6) is 23.0 Å². The normalized spacial score (nSPS) is 10.8. The predicted octanol–water partition coefficient (Wildman–Crippen LogP) is 14.0. The van der Waals surface area contributed by atoms with Crippen LogP contribution in [0.2, 0.25) is 0 Å². The van der Waals surface area contributed by atoms with Crippen molar-refractivity contribution in [3.8, 4) is 45.3 Å². The second kappa shape index (κ2) is 22.4. The summed E-state index contributed by atoms with van der Waals surface area (Å²) >= 11 is 0. The van der Waals surface area contributed by atoms with Gasteiger partial charge >= 0.3 is 23.9 Å². The van der Waals surface area contributed by atoms with E-state index in [1.54, 1.807) is 68.4 Å². The molecular weight excluding hydrogens is 825 g/mol. The van der Waals surface area contributed by atoms with Gasteiger partial charge in [-0.2, -0.15) is 0 Å². The maximum atomic E-state index is 13.3. The second-order valence-electron chi connectivity index (χ2n) is 16.4. The topological polar surface area (TPSA) is 105 Å². The zero-order valence-electron chi connectivity index (χ0n) is 37.9. The van der Waals surface area contributed by atoms with Gasteiger partial charge in [-0.25, -0.2) is 19.2 Å². The summed E-state index contributed by atoms with van der Waals surface area (Å²) in [6, 6.07) is 47.2. The molecule has 0 bridgehead atoms. The summed E-state index contributed by atoms with van der Waals surface area (Å²) in [7, 11) is 0. The highest BCUT2D eigenvalue weighted by Crippen LogP contribution is 2.28. The Morgan fingerprint density at radius 2 is 0.697 bits per heavy atom. The average molecular weight is 879 g/mol. The van der Waals surface area contributed by atoms with E-state index in [4.69, 9.17) is 18.9 Å².